The average Bonchev–Trinajstić information content (AvgIpc) is 2.89. The van der Waals surface area contributed by atoms with Gasteiger partial charge in [-0.3, -0.25) is 24.0 Å². The Kier molecular flexibility index (Phi) is 19.1. The number of nitrogens with one attached hydrogen (secondary N) is 2. The highest BCUT2D eigenvalue weighted by atomic mass is 16.2. The van der Waals surface area contributed by atoms with Gasteiger partial charge in [0.1, 0.15) is 5.78 Å². The molecule has 0 radical (unpaired) electrons. The van der Waals surface area contributed by atoms with Crippen molar-refractivity contribution >= 4 is 29.3 Å². The molecule has 0 aromatic rings. The fraction of sp³-hybridized carbons (Fsp3) is 0.519. The zero-order valence-electron chi connectivity index (χ0n) is 21.5. The molecule has 2 N–H and O–H groups in total. The third-order valence-electron chi connectivity index (χ3n) is 5.43. The van der Waals surface area contributed by atoms with E-state index in [4.69, 9.17) is 0 Å². The van der Waals surface area contributed by atoms with Crippen molar-refractivity contribution in [2.45, 2.75) is 44.9 Å². The summed E-state index contributed by atoms with van der Waals surface area (Å²) < 4.78 is 0. The van der Waals surface area contributed by atoms with Gasteiger partial charge < -0.3 is 20.4 Å². The van der Waals surface area contributed by atoms with Gasteiger partial charge in [-0.05, 0) is 63.1 Å². The number of amides is 3. The van der Waals surface area contributed by atoms with Crippen LogP contribution in [0.1, 0.15) is 44.9 Å². The summed E-state index contributed by atoms with van der Waals surface area (Å²) in [7, 11) is 0. The summed E-state index contributed by atoms with van der Waals surface area (Å²) in [5.41, 5.74) is 0. The largest absolute Gasteiger partial charge is 0.353 e. The van der Waals surface area contributed by atoms with Crippen molar-refractivity contribution in [1.82, 2.24) is 20.4 Å². The lowest BCUT2D eigenvalue weighted by Gasteiger charge is -2.22. The molecule has 36 heavy (non-hydrogen) atoms. The second-order valence-electron chi connectivity index (χ2n) is 8.23. The van der Waals surface area contributed by atoms with E-state index in [1.54, 1.807) is 4.90 Å². The minimum atomic E-state index is -0.259. The van der Waals surface area contributed by atoms with Crippen molar-refractivity contribution in [3.63, 3.8) is 0 Å². The number of hydrogen-bond acceptors (Lipinski definition) is 6. The van der Waals surface area contributed by atoms with Crippen molar-refractivity contribution < 1.29 is 24.0 Å². The van der Waals surface area contributed by atoms with Crippen molar-refractivity contribution in [3.8, 4) is 0 Å². The van der Waals surface area contributed by atoms with Crippen LogP contribution in [0.15, 0.2) is 50.6 Å². The number of ketones is 2. The van der Waals surface area contributed by atoms with Crippen molar-refractivity contribution in [1.29, 1.82) is 0 Å². The summed E-state index contributed by atoms with van der Waals surface area (Å²) in [5, 5.41) is 5.40. The molecule has 9 nitrogen and oxygen atoms in total. The second kappa shape index (κ2) is 21.0. The average molecular weight is 503 g/mol. The molecule has 3 amide bonds. The molecule has 200 valence electrons. The van der Waals surface area contributed by atoms with Gasteiger partial charge in [0, 0.05) is 52.0 Å². The lowest BCUT2D eigenvalue weighted by Crippen LogP contribution is -2.34. The Morgan fingerprint density at radius 3 is 1.67 bits per heavy atom. The lowest BCUT2D eigenvalue weighted by molar-refractivity contribution is -0.127. The third kappa shape index (κ3) is 17.2. The molecular weight excluding hydrogens is 460 g/mol. The van der Waals surface area contributed by atoms with Crippen LogP contribution < -0.4 is 10.6 Å². The van der Waals surface area contributed by atoms with Crippen molar-refractivity contribution in [3.05, 3.63) is 50.6 Å². The fourth-order valence-corrected chi connectivity index (χ4v) is 3.39. The van der Waals surface area contributed by atoms with Gasteiger partial charge in [-0.2, -0.15) is 0 Å². The van der Waals surface area contributed by atoms with E-state index in [0.717, 1.165) is 6.42 Å². The van der Waals surface area contributed by atoms with Crippen LogP contribution in [0.4, 0.5) is 0 Å². The monoisotopic (exact) mass is 502 g/mol. The van der Waals surface area contributed by atoms with E-state index < -0.39 is 0 Å². The van der Waals surface area contributed by atoms with Crippen molar-refractivity contribution in [2.75, 3.05) is 45.8 Å². The Hall–Kier alpha value is -3.33. The SMILES string of the molecule is C=CC(=O)CCCN(CCCNC(=O)C=C)CCC(=O)CCCN(CCCNC(=O)C=C)C(=O)C=C. The molecule has 0 aromatic heterocycles. The molecule has 0 aliphatic carbocycles. The summed E-state index contributed by atoms with van der Waals surface area (Å²) >= 11 is 0. The minimum Gasteiger partial charge on any atom is -0.353 e. The van der Waals surface area contributed by atoms with Gasteiger partial charge in [0.15, 0.2) is 5.78 Å². The van der Waals surface area contributed by atoms with Gasteiger partial charge >= 0.3 is 0 Å². The molecule has 0 atom stereocenters. The number of nitrogens with zero attached hydrogens (tertiary/aromatic N) is 2. The van der Waals surface area contributed by atoms with Crippen LogP contribution in [0.25, 0.3) is 0 Å². The summed E-state index contributed by atoms with van der Waals surface area (Å²) in [6.07, 6.45) is 8.63. The second-order valence-corrected chi connectivity index (χ2v) is 8.23. The topological polar surface area (TPSA) is 116 Å². The molecule has 9 heteroatoms. The predicted molar refractivity (Wildman–Crippen MR) is 142 cm³/mol. The van der Waals surface area contributed by atoms with Gasteiger partial charge in [0.25, 0.3) is 0 Å². The maximum absolute atomic E-state index is 12.5. The zero-order valence-corrected chi connectivity index (χ0v) is 21.5. The smallest absolute Gasteiger partial charge is 0.245 e. The number of rotatable bonds is 23. The summed E-state index contributed by atoms with van der Waals surface area (Å²) in [6.45, 7) is 17.6. The molecule has 0 aliphatic rings. The molecule has 0 unspecified atom stereocenters. The predicted octanol–water partition coefficient (Wildman–Crippen LogP) is 1.96. The first-order chi connectivity index (χ1) is 17.3. The Morgan fingerprint density at radius 1 is 0.583 bits per heavy atom. The Labute approximate surface area is 215 Å². The van der Waals surface area contributed by atoms with Crippen LogP contribution in [0.3, 0.4) is 0 Å². The Balaban J connectivity index is 4.52. The van der Waals surface area contributed by atoms with E-state index >= 15 is 0 Å². The van der Waals surface area contributed by atoms with E-state index in [0.29, 0.717) is 84.3 Å². The number of hydrogen-bond donors (Lipinski definition) is 2. The van der Waals surface area contributed by atoms with Gasteiger partial charge in [0.05, 0.1) is 0 Å². The van der Waals surface area contributed by atoms with E-state index in [9.17, 15) is 24.0 Å². The maximum Gasteiger partial charge on any atom is 0.245 e. The van der Waals surface area contributed by atoms with E-state index in [1.807, 2.05) is 0 Å². The van der Waals surface area contributed by atoms with Crippen LogP contribution in [0.5, 0.6) is 0 Å². The van der Waals surface area contributed by atoms with E-state index in [2.05, 4.69) is 41.8 Å². The van der Waals surface area contributed by atoms with Crippen LogP contribution >= 0.6 is 0 Å². The fourth-order valence-electron chi connectivity index (χ4n) is 3.39. The molecule has 0 heterocycles. The molecule has 0 rings (SSSR count). The summed E-state index contributed by atoms with van der Waals surface area (Å²) in [5.74, 6) is -0.595. The number of carbonyl (C=O) groups excluding carboxylic acids is 5. The van der Waals surface area contributed by atoms with Crippen LogP contribution in [0, 0.1) is 0 Å². The Bertz CT molecular complexity index is 778. The Morgan fingerprint density at radius 2 is 1.11 bits per heavy atom. The minimum absolute atomic E-state index is 0.00835. The highest BCUT2D eigenvalue weighted by molar-refractivity contribution is 5.89. The molecule has 0 aliphatic heterocycles. The number of carbonyl (C=O) groups is 5. The van der Waals surface area contributed by atoms with E-state index in [-0.39, 0.29) is 29.3 Å². The van der Waals surface area contributed by atoms with E-state index in [1.165, 1.54) is 24.3 Å². The molecule has 0 saturated heterocycles. The summed E-state index contributed by atoms with van der Waals surface area (Å²) in [6, 6.07) is 0. The summed E-state index contributed by atoms with van der Waals surface area (Å²) in [4.78, 5) is 62.3. The lowest BCUT2D eigenvalue weighted by atomic mass is 10.1. The first kappa shape index (κ1) is 32.7. The number of allylic oxidation sites excluding steroid dienone is 1. The molecule has 0 bridgehead atoms. The van der Waals surface area contributed by atoms with Gasteiger partial charge in [0.2, 0.25) is 17.7 Å². The molecule has 0 saturated carbocycles. The third-order valence-corrected chi connectivity index (χ3v) is 5.43. The molecular formula is C27H42N4O5. The molecule has 0 aromatic carbocycles. The highest BCUT2D eigenvalue weighted by Crippen LogP contribution is 2.05. The van der Waals surface area contributed by atoms with Gasteiger partial charge in [-0.15, -0.1) is 0 Å². The van der Waals surface area contributed by atoms with Crippen LogP contribution in [0.2, 0.25) is 0 Å². The van der Waals surface area contributed by atoms with Gasteiger partial charge in [-0.1, -0.05) is 26.3 Å². The first-order valence-electron chi connectivity index (χ1n) is 12.4. The van der Waals surface area contributed by atoms with Crippen LogP contribution in [-0.2, 0) is 24.0 Å². The van der Waals surface area contributed by atoms with Crippen LogP contribution in [-0.4, -0.2) is 84.9 Å². The zero-order chi connectivity index (χ0) is 27.2. The van der Waals surface area contributed by atoms with Crippen molar-refractivity contribution in [2.24, 2.45) is 0 Å². The molecule has 0 fully saturated rings. The maximum atomic E-state index is 12.5. The normalized spacial score (nSPS) is 10.2. The first-order valence-corrected chi connectivity index (χ1v) is 12.4. The highest BCUT2D eigenvalue weighted by Gasteiger charge is 2.13. The van der Waals surface area contributed by atoms with Gasteiger partial charge in [-0.25, -0.2) is 0 Å². The number of Topliss-reactive ketones (excluding diaryl/α,β-unsaturated/α-hetero) is 1. The molecule has 0 spiro atoms. The standard InChI is InChI=1S/C27H42N4O5/c1-5-23(32)13-9-18-30(19-11-16-28-25(34)6-2)22-15-24(33)14-10-20-31(27(36)8-4)21-12-17-29-26(35)7-3/h5-8H,1-4,9-22H2,(H,28,34)(H,29,35). The quantitative estimate of drug-likeness (QED) is 0.163.